The molecule has 1 fully saturated rings. The first-order valence-electron chi connectivity index (χ1n) is 8.57. The molecule has 0 aromatic carbocycles. The van der Waals surface area contributed by atoms with Crippen molar-refractivity contribution < 1.29 is 9.53 Å². The topological polar surface area (TPSA) is 41.6 Å². The normalized spacial score (nSPS) is 21.7. The highest BCUT2D eigenvalue weighted by molar-refractivity contribution is 5.69. The Morgan fingerprint density at radius 1 is 1.23 bits per heavy atom. The van der Waals surface area contributed by atoms with Crippen molar-refractivity contribution >= 4 is 6.09 Å². The maximum atomic E-state index is 12.4. The maximum Gasteiger partial charge on any atom is 0.410 e. The molecular weight excluding hydrogens is 276 g/mol. The Morgan fingerprint density at radius 3 is 2.23 bits per heavy atom. The van der Waals surface area contributed by atoms with E-state index in [4.69, 9.17) is 4.74 Å². The molecule has 1 unspecified atom stereocenters. The van der Waals surface area contributed by atoms with Crippen molar-refractivity contribution in [3.05, 3.63) is 0 Å². The lowest BCUT2D eigenvalue weighted by Crippen LogP contribution is -2.51. The Bertz CT molecular complexity index is 378. The highest BCUT2D eigenvalue weighted by Gasteiger charge is 2.35. The molecule has 0 saturated heterocycles. The molecule has 1 N–H and O–H groups in total. The fraction of sp³-hybridized carbons (Fsp3) is 0.944. The molecule has 0 aromatic heterocycles. The van der Waals surface area contributed by atoms with Crippen LogP contribution in [0.1, 0.15) is 74.7 Å². The summed E-state index contributed by atoms with van der Waals surface area (Å²) in [6.07, 6.45) is 3.57. The lowest BCUT2D eigenvalue weighted by Gasteiger charge is -2.37. The first-order valence-corrected chi connectivity index (χ1v) is 8.57. The first-order chi connectivity index (χ1) is 9.83. The van der Waals surface area contributed by atoms with E-state index in [0.29, 0.717) is 18.0 Å². The SMILES string of the molecule is CC(C)(C)OC(=O)N(CCNC1CCCC1(C)C)C(C)(C)C. The van der Waals surface area contributed by atoms with Crippen LogP contribution >= 0.6 is 0 Å². The Hall–Kier alpha value is -0.770. The molecular formula is C18H36N2O2. The van der Waals surface area contributed by atoms with Gasteiger partial charge in [-0.2, -0.15) is 0 Å². The van der Waals surface area contributed by atoms with Crippen LogP contribution in [-0.2, 0) is 4.74 Å². The molecule has 1 aliphatic carbocycles. The largest absolute Gasteiger partial charge is 0.444 e. The van der Waals surface area contributed by atoms with Crippen LogP contribution in [0, 0.1) is 5.41 Å². The van der Waals surface area contributed by atoms with Crippen LogP contribution in [-0.4, -0.2) is 41.3 Å². The molecule has 0 spiro atoms. The van der Waals surface area contributed by atoms with Gasteiger partial charge in [-0.3, -0.25) is 0 Å². The van der Waals surface area contributed by atoms with Gasteiger partial charge >= 0.3 is 6.09 Å². The summed E-state index contributed by atoms with van der Waals surface area (Å²) < 4.78 is 5.55. The Labute approximate surface area is 137 Å². The van der Waals surface area contributed by atoms with Gasteiger partial charge < -0.3 is 15.0 Å². The van der Waals surface area contributed by atoms with Crippen molar-refractivity contribution in [3.63, 3.8) is 0 Å². The van der Waals surface area contributed by atoms with Gasteiger partial charge in [0.25, 0.3) is 0 Å². The predicted octanol–water partition coefficient (Wildman–Crippen LogP) is 4.19. The van der Waals surface area contributed by atoms with Gasteiger partial charge in [-0.25, -0.2) is 4.79 Å². The van der Waals surface area contributed by atoms with E-state index in [2.05, 4.69) is 39.9 Å². The fourth-order valence-corrected chi connectivity index (χ4v) is 3.07. The molecule has 1 rings (SSSR count). The maximum absolute atomic E-state index is 12.4. The van der Waals surface area contributed by atoms with Crippen LogP contribution in [0.3, 0.4) is 0 Å². The highest BCUT2D eigenvalue weighted by atomic mass is 16.6. The van der Waals surface area contributed by atoms with Gasteiger partial charge in [0.1, 0.15) is 5.60 Å². The molecule has 1 aliphatic rings. The molecule has 4 heteroatoms. The van der Waals surface area contributed by atoms with E-state index in [1.54, 1.807) is 0 Å². The van der Waals surface area contributed by atoms with Gasteiger partial charge in [0.05, 0.1) is 0 Å². The zero-order valence-electron chi connectivity index (χ0n) is 15.9. The number of nitrogens with one attached hydrogen (secondary N) is 1. The molecule has 0 bridgehead atoms. The van der Waals surface area contributed by atoms with E-state index in [-0.39, 0.29) is 11.6 Å². The van der Waals surface area contributed by atoms with Crippen molar-refractivity contribution in [1.29, 1.82) is 0 Å². The number of carbonyl (C=O) groups excluding carboxylic acids is 1. The van der Waals surface area contributed by atoms with Gasteiger partial charge in [-0.15, -0.1) is 0 Å². The summed E-state index contributed by atoms with van der Waals surface area (Å²) >= 11 is 0. The second-order valence-electron chi connectivity index (χ2n) is 9.19. The molecule has 130 valence electrons. The van der Waals surface area contributed by atoms with E-state index in [1.165, 1.54) is 19.3 Å². The first kappa shape index (κ1) is 19.3. The number of nitrogens with zero attached hydrogens (tertiary/aromatic N) is 1. The third-order valence-electron chi connectivity index (χ3n) is 4.41. The monoisotopic (exact) mass is 312 g/mol. The summed E-state index contributed by atoms with van der Waals surface area (Å²) in [5.74, 6) is 0. The van der Waals surface area contributed by atoms with Crippen LogP contribution in [0.2, 0.25) is 0 Å². The van der Waals surface area contributed by atoms with Crippen LogP contribution in [0.25, 0.3) is 0 Å². The van der Waals surface area contributed by atoms with Crippen LogP contribution in [0.5, 0.6) is 0 Å². The molecule has 0 aliphatic heterocycles. The fourth-order valence-electron chi connectivity index (χ4n) is 3.07. The molecule has 4 nitrogen and oxygen atoms in total. The molecule has 1 saturated carbocycles. The third-order valence-corrected chi connectivity index (χ3v) is 4.41. The zero-order chi connectivity index (χ0) is 17.2. The standard InChI is InChI=1S/C18H36N2O2/c1-16(2,3)20(15(21)22-17(4,5)6)13-12-19-14-10-9-11-18(14,7)8/h14,19H,9-13H2,1-8H3. The summed E-state index contributed by atoms with van der Waals surface area (Å²) in [6.45, 7) is 18.0. The number of ether oxygens (including phenoxy) is 1. The number of rotatable bonds is 4. The van der Waals surface area contributed by atoms with Crippen molar-refractivity contribution in [3.8, 4) is 0 Å². The Kier molecular flexibility index (Phi) is 5.94. The van der Waals surface area contributed by atoms with Crippen molar-refractivity contribution in [2.24, 2.45) is 5.41 Å². The van der Waals surface area contributed by atoms with Crippen LogP contribution < -0.4 is 5.32 Å². The summed E-state index contributed by atoms with van der Waals surface area (Å²) in [6, 6.07) is 0.549. The minimum Gasteiger partial charge on any atom is -0.444 e. The summed E-state index contributed by atoms with van der Waals surface area (Å²) in [4.78, 5) is 14.3. The number of hydrogen-bond donors (Lipinski definition) is 1. The zero-order valence-corrected chi connectivity index (χ0v) is 15.9. The molecule has 0 radical (unpaired) electrons. The number of carbonyl (C=O) groups is 1. The molecule has 1 amide bonds. The van der Waals surface area contributed by atoms with E-state index in [0.717, 1.165) is 6.54 Å². The summed E-state index contributed by atoms with van der Waals surface area (Å²) in [5.41, 5.74) is -0.338. The van der Waals surface area contributed by atoms with Gasteiger partial charge in [0.2, 0.25) is 0 Å². The average molecular weight is 312 g/mol. The van der Waals surface area contributed by atoms with Gasteiger partial charge in [0.15, 0.2) is 0 Å². The second kappa shape index (κ2) is 6.77. The Balaban J connectivity index is 2.58. The number of amides is 1. The molecule has 22 heavy (non-hydrogen) atoms. The minimum absolute atomic E-state index is 0.229. The van der Waals surface area contributed by atoms with Gasteiger partial charge in [-0.05, 0) is 59.8 Å². The molecule has 0 aromatic rings. The van der Waals surface area contributed by atoms with E-state index in [1.807, 2.05) is 25.7 Å². The Morgan fingerprint density at radius 2 is 1.82 bits per heavy atom. The van der Waals surface area contributed by atoms with Gasteiger partial charge in [-0.1, -0.05) is 20.3 Å². The van der Waals surface area contributed by atoms with Crippen LogP contribution in [0.15, 0.2) is 0 Å². The molecule has 1 atom stereocenters. The number of hydrogen-bond acceptors (Lipinski definition) is 3. The predicted molar refractivity (Wildman–Crippen MR) is 92.1 cm³/mol. The second-order valence-corrected chi connectivity index (χ2v) is 9.19. The van der Waals surface area contributed by atoms with E-state index < -0.39 is 5.60 Å². The third kappa shape index (κ3) is 5.79. The van der Waals surface area contributed by atoms with E-state index in [9.17, 15) is 4.79 Å². The van der Waals surface area contributed by atoms with Gasteiger partial charge in [0, 0.05) is 24.7 Å². The van der Waals surface area contributed by atoms with Crippen LogP contribution in [0.4, 0.5) is 4.79 Å². The van der Waals surface area contributed by atoms with Crippen molar-refractivity contribution in [1.82, 2.24) is 10.2 Å². The average Bonchev–Trinajstić information content (AvgIpc) is 2.59. The quantitative estimate of drug-likeness (QED) is 0.846. The highest BCUT2D eigenvalue weighted by Crippen LogP contribution is 2.37. The summed E-state index contributed by atoms with van der Waals surface area (Å²) in [5, 5.41) is 3.64. The molecule has 0 heterocycles. The van der Waals surface area contributed by atoms with E-state index >= 15 is 0 Å². The van der Waals surface area contributed by atoms with Crippen molar-refractivity contribution in [2.45, 2.75) is 91.8 Å². The lowest BCUT2D eigenvalue weighted by atomic mass is 9.87. The lowest BCUT2D eigenvalue weighted by molar-refractivity contribution is 0.00628. The summed E-state index contributed by atoms with van der Waals surface area (Å²) in [7, 11) is 0. The minimum atomic E-state index is -0.457. The smallest absolute Gasteiger partial charge is 0.410 e. The van der Waals surface area contributed by atoms with Crippen molar-refractivity contribution in [2.75, 3.05) is 13.1 Å².